The monoisotopic (exact) mass is 355 g/mol. The van der Waals surface area contributed by atoms with E-state index in [4.69, 9.17) is 11.6 Å². The van der Waals surface area contributed by atoms with E-state index in [0.29, 0.717) is 6.42 Å². The number of anilines is 1. The van der Waals surface area contributed by atoms with Gasteiger partial charge in [0.1, 0.15) is 0 Å². The second kappa shape index (κ2) is 7.65. The number of carbonyl (C=O) groups is 1. The van der Waals surface area contributed by atoms with Crippen LogP contribution in [0.15, 0.2) is 66.0 Å². The molecule has 0 aliphatic heterocycles. The molecule has 24 heavy (non-hydrogen) atoms. The van der Waals surface area contributed by atoms with Crippen molar-refractivity contribution in [3.8, 4) is 11.1 Å². The second-order valence-corrected chi connectivity index (χ2v) is 7.12. The molecular formula is C20H18ClNOS. The van der Waals surface area contributed by atoms with Crippen LogP contribution in [0.25, 0.3) is 11.1 Å². The summed E-state index contributed by atoms with van der Waals surface area (Å²) in [6.45, 7) is 2.07. The molecule has 1 aromatic heterocycles. The molecule has 122 valence electrons. The highest BCUT2D eigenvalue weighted by molar-refractivity contribution is 7.14. The van der Waals surface area contributed by atoms with Crippen molar-refractivity contribution in [1.82, 2.24) is 0 Å². The molecule has 3 aromatic rings. The summed E-state index contributed by atoms with van der Waals surface area (Å²) in [6.07, 6.45) is 0.470. The first-order valence-corrected chi connectivity index (χ1v) is 9.07. The number of rotatable bonds is 5. The Bertz CT molecular complexity index is 811. The van der Waals surface area contributed by atoms with Gasteiger partial charge in [0.05, 0.1) is 5.00 Å². The summed E-state index contributed by atoms with van der Waals surface area (Å²) >= 11 is 7.45. The Morgan fingerprint density at radius 3 is 2.50 bits per heavy atom. The fourth-order valence-electron chi connectivity index (χ4n) is 2.56. The van der Waals surface area contributed by atoms with Crippen LogP contribution >= 0.6 is 22.9 Å². The van der Waals surface area contributed by atoms with Crippen molar-refractivity contribution in [3.05, 3.63) is 76.6 Å². The molecule has 0 radical (unpaired) electrons. The van der Waals surface area contributed by atoms with E-state index in [0.717, 1.165) is 21.2 Å². The molecule has 2 nitrogen and oxygen atoms in total. The van der Waals surface area contributed by atoms with Crippen molar-refractivity contribution < 1.29 is 4.79 Å². The topological polar surface area (TPSA) is 29.1 Å². The van der Waals surface area contributed by atoms with Crippen molar-refractivity contribution in [2.75, 3.05) is 5.32 Å². The largest absolute Gasteiger partial charge is 0.318 e. The highest BCUT2D eigenvalue weighted by Crippen LogP contribution is 2.30. The van der Waals surface area contributed by atoms with Gasteiger partial charge in [-0.2, -0.15) is 0 Å². The first-order chi connectivity index (χ1) is 11.6. The van der Waals surface area contributed by atoms with Crippen LogP contribution < -0.4 is 5.32 Å². The van der Waals surface area contributed by atoms with Crippen molar-refractivity contribution >= 4 is 33.8 Å². The number of thiophene rings is 1. The zero-order valence-electron chi connectivity index (χ0n) is 13.3. The number of nitrogens with one attached hydrogen (secondary N) is 1. The van der Waals surface area contributed by atoms with E-state index < -0.39 is 0 Å². The van der Waals surface area contributed by atoms with E-state index in [1.807, 2.05) is 53.9 Å². The summed E-state index contributed by atoms with van der Waals surface area (Å²) in [5.74, 6) is 0.234. The fourth-order valence-corrected chi connectivity index (χ4v) is 3.51. The molecule has 1 N–H and O–H groups in total. The van der Waals surface area contributed by atoms with E-state index in [9.17, 15) is 4.79 Å². The van der Waals surface area contributed by atoms with Gasteiger partial charge in [0, 0.05) is 16.8 Å². The minimum absolute atomic E-state index is 0.0378. The van der Waals surface area contributed by atoms with Gasteiger partial charge in [0.25, 0.3) is 0 Å². The summed E-state index contributed by atoms with van der Waals surface area (Å²) in [5, 5.41) is 6.62. The maximum atomic E-state index is 12.3. The van der Waals surface area contributed by atoms with Crippen LogP contribution in [-0.4, -0.2) is 5.91 Å². The van der Waals surface area contributed by atoms with Crippen LogP contribution in [0.1, 0.15) is 24.8 Å². The van der Waals surface area contributed by atoms with Crippen LogP contribution in [0, 0.1) is 0 Å². The lowest BCUT2D eigenvalue weighted by Crippen LogP contribution is -2.13. The Kier molecular flexibility index (Phi) is 5.34. The van der Waals surface area contributed by atoms with Crippen LogP contribution in [-0.2, 0) is 4.79 Å². The summed E-state index contributed by atoms with van der Waals surface area (Å²) in [5.41, 5.74) is 3.36. The molecule has 3 rings (SSSR count). The van der Waals surface area contributed by atoms with Gasteiger partial charge in [-0.3, -0.25) is 4.79 Å². The molecular weight excluding hydrogens is 338 g/mol. The molecule has 4 heteroatoms. The zero-order valence-corrected chi connectivity index (χ0v) is 14.9. The number of hydrogen-bond acceptors (Lipinski definition) is 2. The van der Waals surface area contributed by atoms with E-state index in [-0.39, 0.29) is 11.8 Å². The van der Waals surface area contributed by atoms with Gasteiger partial charge in [-0.25, -0.2) is 0 Å². The lowest BCUT2D eigenvalue weighted by molar-refractivity contribution is -0.116. The van der Waals surface area contributed by atoms with Gasteiger partial charge in [-0.05, 0) is 40.8 Å². The maximum Gasteiger partial charge on any atom is 0.225 e. The van der Waals surface area contributed by atoms with E-state index in [1.165, 1.54) is 16.9 Å². The summed E-state index contributed by atoms with van der Waals surface area (Å²) in [7, 11) is 0. The molecule has 1 unspecified atom stereocenters. The Morgan fingerprint density at radius 1 is 1.08 bits per heavy atom. The van der Waals surface area contributed by atoms with E-state index >= 15 is 0 Å². The third-order valence-electron chi connectivity index (χ3n) is 3.90. The second-order valence-electron chi connectivity index (χ2n) is 5.77. The Hall–Kier alpha value is -2.10. The Morgan fingerprint density at radius 2 is 1.79 bits per heavy atom. The fraction of sp³-hybridized carbons (Fsp3) is 0.150. The summed E-state index contributed by atoms with van der Waals surface area (Å²) in [4.78, 5) is 12.3. The first kappa shape index (κ1) is 16.7. The van der Waals surface area contributed by atoms with Crippen molar-refractivity contribution in [1.29, 1.82) is 0 Å². The number of benzene rings is 2. The van der Waals surface area contributed by atoms with Crippen LogP contribution in [0.4, 0.5) is 5.00 Å². The molecule has 0 saturated heterocycles. The highest BCUT2D eigenvalue weighted by atomic mass is 35.5. The number of hydrogen-bond donors (Lipinski definition) is 1. The normalized spacial score (nSPS) is 11.9. The average molecular weight is 356 g/mol. The predicted octanol–water partition coefficient (Wildman–Crippen LogP) is 6.20. The Balaban J connectivity index is 1.62. The minimum atomic E-state index is 0.0378. The third-order valence-corrected chi connectivity index (χ3v) is 5.00. The molecule has 0 bridgehead atoms. The van der Waals surface area contributed by atoms with Crippen LogP contribution in [0.5, 0.6) is 0 Å². The zero-order chi connectivity index (χ0) is 16.9. The van der Waals surface area contributed by atoms with Crippen molar-refractivity contribution in [2.45, 2.75) is 19.3 Å². The van der Waals surface area contributed by atoms with E-state index in [1.54, 1.807) is 0 Å². The van der Waals surface area contributed by atoms with E-state index in [2.05, 4.69) is 24.4 Å². The molecule has 0 saturated carbocycles. The van der Waals surface area contributed by atoms with Gasteiger partial charge >= 0.3 is 0 Å². The molecule has 0 aliphatic rings. The van der Waals surface area contributed by atoms with Crippen LogP contribution in [0.2, 0.25) is 5.02 Å². The quantitative estimate of drug-likeness (QED) is 0.580. The van der Waals surface area contributed by atoms with Crippen molar-refractivity contribution in [2.24, 2.45) is 0 Å². The predicted molar refractivity (Wildman–Crippen MR) is 103 cm³/mol. The molecule has 0 aliphatic carbocycles. The Labute approximate surface area is 151 Å². The van der Waals surface area contributed by atoms with Gasteiger partial charge in [-0.15, -0.1) is 11.3 Å². The average Bonchev–Trinajstić information content (AvgIpc) is 3.04. The minimum Gasteiger partial charge on any atom is -0.318 e. The molecule has 0 spiro atoms. The smallest absolute Gasteiger partial charge is 0.225 e. The summed E-state index contributed by atoms with van der Waals surface area (Å²) in [6, 6.07) is 19.8. The first-order valence-electron chi connectivity index (χ1n) is 7.81. The lowest BCUT2D eigenvalue weighted by atomic mass is 9.98. The SMILES string of the molecule is CC(CC(=O)Nc1cc(-c2ccc(Cl)cc2)cs1)c1ccccc1. The standard InChI is InChI=1S/C20H18ClNOS/c1-14(15-5-3-2-4-6-15)11-19(23)22-20-12-17(13-24-20)16-7-9-18(21)10-8-16/h2-10,12-14H,11H2,1H3,(H,22,23). The van der Waals surface area contributed by atoms with Gasteiger partial charge in [-0.1, -0.05) is 61.0 Å². The number of carbonyl (C=O) groups excluding carboxylic acids is 1. The van der Waals surface area contributed by atoms with Crippen LogP contribution in [0.3, 0.4) is 0 Å². The van der Waals surface area contributed by atoms with Gasteiger partial charge in [0.2, 0.25) is 5.91 Å². The lowest BCUT2D eigenvalue weighted by Gasteiger charge is -2.11. The summed E-state index contributed by atoms with van der Waals surface area (Å²) < 4.78 is 0. The molecule has 1 atom stereocenters. The number of halogens is 1. The molecule has 2 aromatic carbocycles. The number of amides is 1. The van der Waals surface area contributed by atoms with Gasteiger partial charge in [0.15, 0.2) is 0 Å². The van der Waals surface area contributed by atoms with Gasteiger partial charge < -0.3 is 5.32 Å². The highest BCUT2D eigenvalue weighted by Gasteiger charge is 2.12. The molecule has 1 amide bonds. The van der Waals surface area contributed by atoms with Crippen molar-refractivity contribution in [3.63, 3.8) is 0 Å². The maximum absolute atomic E-state index is 12.3. The third kappa shape index (κ3) is 4.25. The molecule has 0 fully saturated rings. The molecule has 1 heterocycles.